The number of aryl methyl sites for hydroxylation is 1. The van der Waals surface area contributed by atoms with Crippen LogP contribution in [-0.4, -0.2) is 70.8 Å². The molecule has 0 radical (unpaired) electrons. The zero-order valence-electron chi connectivity index (χ0n) is 16.9. The minimum atomic E-state index is 0.0447. The lowest BCUT2D eigenvalue weighted by Crippen LogP contribution is -2.55. The van der Waals surface area contributed by atoms with Crippen LogP contribution in [0.15, 0.2) is 6.07 Å². The molecule has 0 bridgehead atoms. The van der Waals surface area contributed by atoms with Crippen LogP contribution in [0.25, 0.3) is 0 Å². The third kappa shape index (κ3) is 4.34. The van der Waals surface area contributed by atoms with Crippen molar-refractivity contribution in [1.29, 1.82) is 0 Å². The molecule has 3 rings (SSSR count). The van der Waals surface area contributed by atoms with E-state index in [1.807, 2.05) is 36.6 Å². The van der Waals surface area contributed by atoms with Gasteiger partial charge in [0.1, 0.15) is 5.69 Å². The summed E-state index contributed by atoms with van der Waals surface area (Å²) in [5, 5.41) is 4.47. The van der Waals surface area contributed by atoms with Crippen molar-refractivity contribution in [3.63, 3.8) is 0 Å². The quantitative estimate of drug-likeness (QED) is 0.713. The van der Waals surface area contributed by atoms with Crippen molar-refractivity contribution in [2.24, 2.45) is 5.41 Å². The third-order valence-electron chi connectivity index (χ3n) is 5.85. The van der Waals surface area contributed by atoms with Crippen LogP contribution >= 0.6 is 0 Å². The summed E-state index contributed by atoms with van der Waals surface area (Å²) in [4.78, 5) is 29.3. The van der Waals surface area contributed by atoms with E-state index in [2.05, 4.69) is 5.10 Å². The lowest BCUT2D eigenvalue weighted by Gasteiger charge is -2.48. The van der Waals surface area contributed by atoms with Crippen molar-refractivity contribution < 1.29 is 14.3 Å². The van der Waals surface area contributed by atoms with Crippen molar-refractivity contribution in [2.45, 2.75) is 53.0 Å². The van der Waals surface area contributed by atoms with Gasteiger partial charge in [0.05, 0.1) is 18.8 Å². The Balaban J connectivity index is 1.73. The zero-order valence-corrected chi connectivity index (χ0v) is 16.9. The Labute approximate surface area is 161 Å². The van der Waals surface area contributed by atoms with Gasteiger partial charge in [-0.2, -0.15) is 5.10 Å². The van der Waals surface area contributed by atoms with E-state index in [1.165, 1.54) is 0 Å². The van der Waals surface area contributed by atoms with Gasteiger partial charge in [-0.3, -0.25) is 14.3 Å². The summed E-state index contributed by atoms with van der Waals surface area (Å²) in [6, 6.07) is 1.87. The van der Waals surface area contributed by atoms with Crippen LogP contribution in [-0.2, 0) is 16.1 Å². The first kappa shape index (κ1) is 19.9. The molecule has 0 aliphatic carbocycles. The lowest BCUT2D eigenvalue weighted by molar-refractivity contribution is -0.138. The molecule has 0 aromatic carbocycles. The highest BCUT2D eigenvalue weighted by atomic mass is 16.5. The summed E-state index contributed by atoms with van der Waals surface area (Å²) in [6.07, 6.45) is 3.56. The zero-order chi connectivity index (χ0) is 19.4. The highest BCUT2D eigenvalue weighted by Crippen LogP contribution is 2.39. The molecular weight excluding hydrogens is 344 g/mol. The van der Waals surface area contributed by atoms with Crippen molar-refractivity contribution in [3.8, 4) is 0 Å². The average Bonchev–Trinajstić information content (AvgIpc) is 3.04. The van der Waals surface area contributed by atoms with Crippen molar-refractivity contribution in [3.05, 3.63) is 17.5 Å². The maximum atomic E-state index is 13.3. The van der Waals surface area contributed by atoms with Gasteiger partial charge in [-0.25, -0.2) is 0 Å². The summed E-state index contributed by atoms with van der Waals surface area (Å²) < 4.78 is 7.20. The minimum absolute atomic E-state index is 0.0447. The van der Waals surface area contributed by atoms with Crippen LogP contribution in [0.4, 0.5) is 0 Å². The number of nitrogens with zero attached hydrogens (tertiary/aromatic N) is 4. The number of carbonyl (C=O) groups is 2. The maximum absolute atomic E-state index is 13.3. The number of likely N-dealkylation sites (tertiary alicyclic amines) is 2. The topological polar surface area (TPSA) is 67.7 Å². The van der Waals surface area contributed by atoms with E-state index in [0.717, 1.165) is 51.1 Å². The molecule has 7 nitrogen and oxygen atoms in total. The SMILES string of the molecule is CCOCCn1nc(C)cc1C(=O)N1CCC[C@@]2(CCC(=O)N(CC)C2)C1. The molecule has 2 aliphatic rings. The molecule has 0 N–H and O–H groups in total. The second kappa shape index (κ2) is 8.42. The average molecular weight is 377 g/mol. The third-order valence-corrected chi connectivity index (χ3v) is 5.85. The minimum Gasteiger partial charge on any atom is -0.380 e. The normalized spacial score (nSPS) is 23.3. The number of carbonyl (C=O) groups excluding carboxylic acids is 2. The molecule has 2 fully saturated rings. The van der Waals surface area contributed by atoms with Gasteiger partial charge in [-0.1, -0.05) is 0 Å². The Morgan fingerprint density at radius 2 is 2.11 bits per heavy atom. The van der Waals surface area contributed by atoms with Crippen molar-refractivity contribution in [1.82, 2.24) is 19.6 Å². The van der Waals surface area contributed by atoms with Crippen molar-refractivity contribution >= 4 is 11.8 Å². The molecule has 2 saturated heterocycles. The smallest absolute Gasteiger partial charge is 0.272 e. The Morgan fingerprint density at radius 3 is 2.85 bits per heavy atom. The molecule has 0 saturated carbocycles. The van der Waals surface area contributed by atoms with E-state index in [1.54, 1.807) is 4.68 Å². The van der Waals surface area contributed by atoms with E-state index in [4.69, 9.17) is 4.74 Å². The Morgan fingerprint density at radius 1 is 1.30 bits per heavy atom. The number of piperidine rings is 2. The first-order chi connectivity index (χ1) is 13.0. The Bertz CT molecular complexity index is 687. The summed E-state index contributed by atoms with van der Waals surface area (Å²) in [5.41, 5.74) is 1.54. The molecule has 2 aliphatic heterocycles. The van der Waals surface area contributed by atoms with Gasteiger partial charge in [-0.15, -0.1) is 0 Å². The standard InChI is InChI=1S/C20H32N4O3/c1-4-22-14-20(9-7-18(22)25)8-6-10-23(15-20)19(26)17-13-16(3)21-24(17)11-12-27-5-2/h13H,4-12,14-15H2,1-3H3/t20-/m0/s1. The number of aromatic nitrogens is 2. The van der Waals surface area contributed by atoms with Crippen molar-refractivity contribution in [2.75, 3.05) is 39.4 Å². The van der Waals surface area contributed by atoms with Crippen LogP contribution in [0.2, 0.25) is 0 Å². The number of hydrogen-bond acceptors (Lipinski definition) is 4. The fourth-order valence-electron chi connectivity index (χ4n) is 4.45. The highest BCUT2D eigenvalue weighted by molar-refractivity contribution is 5.93. The fourth-order valence-corrected chi connectivity index (χ4v) is 4.45. The summed E-state index contributed by atoms with van der Waals surface area (Å²) in [5.74, 6) is 0.294. The van der Waals surface area contributed by atoms with Gasteiger partial charge in [0.2, 0.25) is 5.91 Å². The molecule has 1 atom stereocenters. The van der Waals surface area contributed by atoms with E-state index >= 15 is 0 Å². The predicted molar refractivity (Wildman–Crippen MR) is 103 cm³/mol. The molecule has 0 unspecified atom stereocenters. The predicted octanol–water partition coefficient (Wildman–Crippen LogP) is 2.09. The van der Waals surface area contributed by atoms with Gasteiger partial charge in [0.15, 0.2) is 0 Å². The Hall–Kier alpha value is -1.89. The lowest BCUT2D eigenvalue weighted by atomic mass is 9.73. The molecule has 1 spiro atoms. The van der Waals surface area contributed by atoms with E-state index in [9.17, 15) is 9.59 Å². The van der Waals surface area contributed by atoms with Gasteiger partial charge >= 0.3 is 0 Å². The Kier molecular flexibility index (Phi) is 6.19. The largest absolute Gasteiger partial charge is 0.380 e. The fraction of sp³-hybridized carbons (Fsp3) is 0.750. The summed E-state index contributed by atoms with van der Waals surface area (Å²) >= 11 is 0. The van der Waals surface area contributed by atoms with E-state index in [-0.39, 0.29) is 17.2 Å². The summed E-state index contributed by atoms with van der Waals surface area (Å²) in [6.45, 7) is 10.7. The molecule has 27 heavy (non-hydrogen) atoms. The van der Waals surface area contributed by atoms with E-state index < -0.39 is 0 Å². The van der Waals surface area contributed by atoms with Crippen LogP contribution in [0.1, 0.15) is 55.7 Å². The molecule has 1 aromatic heterocycles. The van der Waals surface area contributed by atoms with Crippen LogP contribution in [0.3, 0.4) is 0 Å². The van der Waals surface area contributed by atoms with Crippen LogP contribution in [0.5, 0.6) is 0 Å². The molecule has 150 valence electrons. The van der Waals surface area contributed by atoms with Crippen LogP contribution < -0.4 is 0 Å². The monoisotopic (exact) mass is 376 g/mol. The highest BCUT2D eigenvalue weighted by Gasteiger charge is 2.42. The molecule has 2 amide bonds. The first-order valence-electron chi connectivity index (χ1n) is 10.2. The van der Waals surface area contributed by atoms with Gasteiger partial charge in [-0.05, 0) is 46.1 Å². The number of hydrogen-bond donors (Lipinski definition) is 0. The molecule has 3 heterocycles. The molecule has 7 heteroatoms. The maximum Gasteiger partial charge on any atom is 0.272 e. The first-order valence-corrected chi connectivity index (χ1v) is 10.2. The van der Waals surface area contributed by atoms with E-state index in [0.29, 0.717) is 31.9 Å². The molecule has 1 aromatic rings. The van der Waals surface area contributed by atoms with Gasteiger partial charge in [0.25, 0.3) is 5.91 Å². The number of rotatable bonds is 6. The van der Waals surface area contributed by atoms with Gasteiger partial charge in [0, 0.05) is 44.6 Å². The second-order valence-corrected chi connectivity index (χ2v) is 7.83. The molecular formula is C20H32N4O3. The van der Waals surface area contributed by atoms with Crippen LogP contribution in [0, 0.1) is 12.3 Å². The number of amides is 2. The summed E-state index contributed by atoms with van der Waals surface area (Å²) in [7, 11) is 0. The van der Waals surface area contributed by atoms with Gasteiger partial charge < -0.3 is 14.5 Å². The second-order valence-electron chi connectivity index (χ2n) is 7.83. The number of ether oxygens (including phenoxy) is 1.